The summed E-state index contributed by atoms with van der Waals surface area (Å²) in [4.78, 5) is 0. The van der Waals surface area contributed by atoms with Crippen LogP contribution in [0.1, 0.15) is 19.3 Å². The molecule has 16 heavy (non-hydrogen) atoms. The Morgan fingerprint density at radius 2 is 2.25 bits per heavy atom. The molecule has 2 unspecified atom stereocenters. The molecule has 1 aromatic rings. The summed E-state index contributed by atoms with van der Waals surface area (Å²) >= 11 is 0. The molecule has 0 heterocycles. The van der Waals surface area contributed by atoms with Crippen molar-refractivity contribution in [3.05, 3.63) is 24.0 Å². The number of methoxy groups -OCH3 is 1. The van der Waals surface area contributed by atoms with Crippen molar-refractivity contribution in [1.82, 2.24) is 0 Å². The lowest BCUT2D eigenvalue weighted by Gasteiger charge is -2.18. The number of aliphatic hydroxyl groups excluding tert-OH is 1. The van der Waals surface area contributed by atoms with Gasteiger partial charge in [-0.05, 0) is 31.4 Å². The molecule has 2 rings (SSSR count). The van der Waals surface area contributed by atoms with Crippen LogP contribution in [0.4, 0.5) is 10.1 Å². The zero-order valence-corrected chi connectivity index (χ0v) is 9.24. The van der Waals surface area contributed by atoms with Gasteiger partial charge in [0.15, 0.2) is 11.6 Å². The molecule has 2 atom stereocenters. The minimum absolute atomic E-state index is 0.0350. The number of anilines is 1. The van der Waals surface area contributed by atoms with E-state index in [1.807, 2.05) is 0 Å². The van der Waals surface area contributed by atoms with Gasteiger partial charge in [-0.15, -0.1) is 0 Å². The van der Waals surface area contributed by atoms with Crippen LogP contribution in [0.15, 0.2) is 18.2 Å². The molecule has 0 radical (unpaired) electrons. The van der Waals surface area contributed by atoms with Gasteiger partial charge in [-0.25, -0.2) is 4.39 Å². The monoisotopic (exact) mass is 225 g/mol. The van der Waals surface area contributed by atoms with E-state index in [4.69, 9.17) is 4.74 Å². The number of halogens is 1. The first-order valence-corrected chi connectivity index (χ1v) is 5.49. The zero-order chi connectivity index (χ0) is 11.5. The lowest BCUT2D eigenvalue weighted by atomic mass is 10.2. The average Bonchev–Trinajstić information content (AvgIpc) is 2.65. The standard InChI is InChI=1S/C12H16FNO2/c1-16-12-6-5-8(7-9(12)13)14-10-3-2-4-11(10)15/h5-7,10-11,14-15H,2-4H2,1H3. The number of hydrogen-bond donors (Lipinski definition) is 2. The van der Waals surface area contributed by atoms with Crippen molar-refractivity contribution in [3.8, 4) is 5.75 Å². The molecule has 0 aromatic heterocycles. The minimum atomic E-state index is -0.389. The van der Waals surface area contributed by atoms with Crippen molar-refractivity contribution in [3.63, 3.8) is 0 Å². The Labute approximate surface area is 94.2 Å². The van der Waals surface area contributed by atoms with Crippen LogP contribution in [0, 0.1) is 5.82 Å². The van der Waals surface area contributed by atoms with Gasteiger partial charge < -0.3 is 15.2 Å². The van der Waals surface area contributed by atoms with E-state index >= 15 is 0 Å². The van der Waals surface area contributed by atoms with Gasteiger partial charge in [-0.2, -0.15) is 0 Å². The Hall–Kier alpha value is -1.29. The summed E-state index contributed by atoms with van der Waals surface area (Å²) in [5.74, 6) is -0.155. The van der Waals surface area contributed by atoms with Gasteiger partial charge in [0.25, 0.3) is 0 Å². The summed E-state index contributed by atoms with van der Waals surface area (Å²) < 4.78 is 18.2. The van der Waals surface area contributed by atoms with Gasteiger partial charge in [-0.1, -0.05) is 0 Å². The third-order valence-corrected chi connectivity index (χ3v) is 2.98. The lowest BCUT2D eigenvalue weighted by Crippen LogP contribution is -2.27. The van der Waals surface area contributed by atoms with Crippen LogP contribution >= 0.6 is 0 Å². The van der Waals surface area contributed by atoms with E-state index in [0.29, 0.717) is 5.69 Å². The Bertz CT molecular complexity index is 370. The maximum Gasteiger partial charge on any atom is 0.167 e. The van der Waals surface area contributed by atoms with Crippen LogP contribution in [0.5, 0.6) is 5.75 Å². The lowest BCUT2D eigenvalue weighted by molar-refractivity contribution is 0.172. The quantitative estimate of drug-likeness (QED) is 0.828. The van der Waals surface area contributed by atoms with Gasteiger partial charge >= 0.3 is 0 Å². The molecule has 2 N–H and O–H groups in total. The summed E-state index contributed by atoms with van der Waals surface area (Å²) in [7, 11) is 1.44. The highest BCUT2D eigenvalue weighted by atomic mass is 19.1. The van der Waals surface area contributed by atoms with Gasteiger partial charge in [0.1, 0.15) is 0 Å². The Balaban J connectivity index is 2.07. The maximum atomic E-state index is 13.4. The van der Waals surface area contributed by atoms with Crippen molar-refractivity contribution >= 4 is 5.69 Å². The second-order valence-electron chi connectivity index (χ2n) is 4.10. The number of aliphatic hydroxyl groups is 1. The molecule has 1 aliphatic carbocycles. The number of ether oxygens (including phenoxy) is 1. The van der Waals surface area contributed by atoms with E-state index in [1.165, 1.54) is 13.2 Å². The molecule has 0 bridgehead atoms. The van der Waals surface area contributed by atoms with Crippen LogP contribution in [-0.2, 0) is 0 Å². The second kappa shape index (κ2) is 4.70. The topological polar surface area (TPSA) is 41.5 Å². The van der Waals surface area contributed by atoms with Crippen LogP contribution in [0.25, 0.3) is 0 Å². The number of rotatable bonds is 3. The van der Waals surface area contributed by atoms with E-state index in [9.17, 15) is 9.50 Å². The summed E-state index contributed by atoms with van der Waals surface area (Å²) in [6.07, 6.45) is 2.42. The zero-order valence-electron chi connectivity index (χ0n) is 9.24. The predicted molar refractivity (Wildman–Crippen MR) is 60.2 cm³/mol. The largest absolute Gasteiger partial charge is 0.494 e. The molecule has 1 aliphatic rings. The van der Waals surface area contributed by atoms with E-state index in [2.05, 4.69) is 5.32 Å². The van der Waals surface area contributed by atoms with E-state index < -0.39 is 0 Å². The van der Waals surface area contributed by atoms with Crippen LogP contribution in [-0.4, -0.2) is 24.4 Å². The van der Waals surface area contributed by atoms with Crippen molar-refractivity contribution in [2.45, 2.75) is 31.4 Å². The van der Waals surface area contributed by atoms with Crippen LogP contribution in [0.3, 0.4) is 0 Å². The Kier molecular flexibility index (Phi) is 3.29. The molecule has 1 aromatic carbocycles. The summed E-state index contributed by atoms with van der Waals surface area (Å²) in [5, 5.41) is 12.8. The highest BCUT2D eigenvalue weighted by molar-refractivity contribution is 5.48. The van der Waals surface area contributed by atoms with Crippen LogP contribution < -0.4 is 10.1 Å². The predicted octanol–water partition coefficient (Wildman–Crippen LogP) is 2.16. The summed E-state index contributed by atoms with van der Waals surface area (Å²) in [6.45, 7) is 0. The smallest absolute Gasteiger partial charge is 0.167 e. The molecule has 3 nitrogen and oxygen atoms in total. The molecular formula is C12H16FNO2. The SMILES string of the molecule is COc1ccc(NC2CCCC2O)cc1F. The summed E-state index contributed by atoms with van der Waals surface area (Å²) in [6, 6.07) is 4.77. The normalized spacial score (nSPS) is 24.4. The van der Waals surface area contributed by atoms with Gasteiger partial charge in [0, 0.05) is 11.8 Å². The molecule has 88 valence electrons. The number of benzene rings is 1. The van der Waals surface area contributed by atoms with Crippen molar-refractivity contribution in [2.75, 3.05) is 12.4 Å². The summed E-state index contributed by atoms with van der Waals surface area (Å²) in [5.41, 5.74) is 0.684. The molecule has 0 aliphatic heterocycles. The fraction of sp³-hybridized carbons (Fsp3) is 0.500. The van der Waals surface area contributed by atoms with E-state index in [1.54, 1.807) is 12.1 Å². The molecule has 4 heteroatoms. The first-order chi connectivity index (χ1) is 7.70. The molecule has 0 amide bonds. The minimum Gasteiger partial charge on any atom is -0.494 e. The second-order valence-corrected chi connectivity index (χ2v) is 4.10. The molecule has 0 saturated heterocycles. The number of hydrogen-bond acceptors (Lipinski definition) is 3. The maximum absolute atomic E-state index is 13.4. The van der Waals surface area contributed by atoms with Crippen molar-refractivity contribution in [1.29, 1.82) is 0 Å². The van der Waals surface area contributed by atoms with Gasteiger partial charge in [0.05, 0.1) is 19.3 Å². The van der Waals surface area contributed by atoms with E-state index in [0.717, 1.165) is 19.3 Å². The highest BCUT2D eigenvalue weighted by Gasteiger charge is 2.24. The fourth-order valence-corrected chi connectivity index (χ4v) is 2.08. The highest BCUT2D eigenvalue weighted by Crippen LogP contribution is 2.25. The Morgan fingerprint density at radius 3 is 2.81 bits per heavy atom. The Morgan fingerprint density at radius 1 is 1.44 bits per heavy atom. The third-order valence-electron chi connectivity index (χ3n) is 2.98. The van der Waals surface area contributed by atoms with Crippen molar-refractivity contribution in [2.24, 2.45) is 0 Å². The van der Waals surface area contributed by atoms with Crippen molar-refractivity contribution < 1.29 is 14.2 Å². The van der Waals surface area contributed by atoms with E-state index in [-0.39, 0.29) is 23.7 Å². The fourth-order valence-electron chi connectivity index (χ4n) is 2.08. The molecular weight excluding hydrogens is 209 g/mol. The number of nitrogens with one attached hydrogen (secondary N) is 1. The average molecular weight is 225 g/mol. The van der Waals surface area contributed by atoms with Gasteiger partial charge in [-0.3, -0.25) is 0 Å². The van der Waals surface area contributed by atoms with Gasteiger partial charge in [0.2, 0.25) is 0 Å². The first-order valence-electron chi connectivity index (χ1n) is 5.49. The van der Waals surface area contributed by atoms with Crippen LogP contribution in [0.2, 0.25) is 0 Å². The molecule has 1 saturated carbocycles. The molecule has 1 fully saturated rings. The third kappa shape index (κ3) is 2.27. The molecule has 0 spiro atoms. The first kappa shape index (κ1) is 11.2.